The van der Waals surface area contributed by atoms with Gasteiger partial charge >= 0.3 is 0 Å². The maximum Gasteiger partial charge on any atom is 0.246 e. The van der Waals surface area contributed by atoms with E-state index >= 15 is 0 Å². The van der Waals surface area contributed by atoms with Gasteiger partial charge in [0.15, 0.2) is 0 Å². The lowest BCUT2D eigenvalue weighted by molar-refractivity contribution is -0.141. The first-order chi connectivity index (χ1) is 14.1. The molecule has 2 rings (SSSR count). The highest BCUT2D eigenvalue weighted by molar-refractivity contribution is 5.93. The van der Waals surface area contributed by atoms with E-state index in [4.69, 9.17) is 5.73 Å². The van der Waals surface area contributed by atoms with Crippen molar-refractivity contribution < 1.29 is 18.8 Å². The van der Waals surface area contributed by atoms with Crippen LogP contribution in [-0.4, -0.2) is 66.8 Å². The minimum absolute atomic E-state index is 0.162. The lowest BCUT2D eigenvalue weighted by Gasteiger charge is -2.37. The molecule has 0 radical (unpaired) electrons. The number of nitrogens with two attached hydrogens (primary N) is 1. The van der Waals surface area contributed by atoms with Gasteiger partial charge in [-0.05, 0) is 49.5 Å². The van der Waals surface area contributed by atoms with Crippen molar-refractivity contribution >= 4 is 17.7 Å². The average molecular weight is 419 g/mol. The van der Waals surface area contributed by atoms with Gasteiger partial charge in [-0.2, -0.15) is 0 Å². The number of hydrogen-bond donors (Lipinski definition) is 2. The zero-order chi connectivity index (χ0) is 22.3. The summed E-state index contributed by atoms with van der Waals surface area (Å²) in [5.74, 6) is -1.37. The van der Waals surface area contributed by atoms with Gasteiger partial charge in [0, 0.05) is 33.1 Å². The van der Waals surface area contributed by atoms with E-state index in [1.807, 2.05) is 0 Å². The Morgan fingerprint density at radius 2 is 1.87 bits per heavy atom. The van der Waals surface area contributed by atoms with Crippen LogP contribution in [0, 0.1) is 5.82 Å². The lowest BCUT2D eigenvalue weighted by Crippen LogP contribution is -2.50. The van der Waals surface area contributed by atoms with Crippen molar-refractivity contribution in [2.45, 2.75) is 43.7 Å². The lowest BCUT2D eigenvalue weighted by atomic mass is 9.75. The SMILES string of the molecule is CNC(=O)C(Cc1ccc(F)cc1)N(C)C(=O)CN(C)C(=O)/C=C/CC1(N)CCC1. The molecule has 3 amide bonds. The van der Waals surface area contributed by atoms with Crippen LogP contribution in [0.3, 0.4) is 0 Å². The van der Waals surface area contributed by atoms with E-state index in [0.717, 1.165) is 24.8 Å². The van der Waals surface area contributed by atoms with Gasteiger partial charge in [-0.25, -0.2) is 4.39 Å². The second-order valence-electron chi connectivity index (χ2n) is 7.98. The van der Waals surface area contributed by atoms with E-state index in [0.29, 0.717) is 6.42 Å². The number of halogens is 1. The smallest absolute Gasteiger partial charge is 0.246 e. The molecule has 0 heterocycles. The van der Waals surface area contributed by atoms with Crippen LogP contribution in [0.25, 0.3) is 0 Å². The molecule has 1 aliphatic rings. The predicted octanol–water partition coefficient (Wildman–Crippen LogP) is 1.23. The van der Waals surface area contributed by atoms with Crippen molar-refractivity contribution in [3.05, 3.63) is 47.8 Å². The first-order valence-corrected chi connectivity index (χ1v) is 10.1. The Balaban J connectivity index is 1.95. The van der Waals surface area contributed by atoms with Gasteiger partial charge in [-0.3, -0.25) is 14.4 Å². The van der Waals surface area contributed by atoms with E-state index in [-0.39, 0.29) is 42.0 Å². The quantitative estimate of drug-likeness (QED) is 0.590. The van der Waals surface area contributed by atoms with Crippen LogP contribution in [0.2, 0.25) is 0 Å². The van der Waals surface area contributed by atoms with Crippen LogP contribution in [0.15, 0.2) is 36.4 Å². The summed E-state index contributed by atoms with van der Waals surface area (Å²) >= 11 is 0. The normalized spacial score (nSPS) is 15.9. The van der Waals surface area contributed by atoms with Crippen LogP contribution >= 0.6 is 0 Å². The molecule has 164 valence electrons. The monoisotopic (exact) mass is 418 g/mol. The van der Waals surface area contributed by atoms with Crippen molar-refractivity contribution in [1.82, 2.24) is 15.1 Å². The third kappa shape index (κ3) is 6.38. The summed E-state index contributed by atoms with van der Waals surface area (Å²) in [6.07, 6.45) is 7.10. The van der Waals surface area contributed by atoms with E-state index in [9.17, 15) is 18.8 Å². The zero-order valence-electron chi connectivity index (χ0n) is 17.9. The summed E-state index contributed by atoms with van der Waals surface area (Å²) in [4.78, 5) is 39.9. The molecule has 7 nitrogen and oxygen atoms in total. The highest BCUT2D eigenvalue weighted by Gasteiger charge is 2.31. The molecule has 1 aromatic carbocycles. The molecule has 8 heteroatoms. The van der Waals surface area contributed by atoms with Gasteiger partial charge in [0.2, 0.25) is 17.7 Å². The van der Waals surface area contributed by atoms with Gasteiger partial charge in [0.1, 0.15) is 11.9 Å². The summed E-state index contributed by atoms with van der Waals surface area (Å²) < 4.78 is 13.1. The van der Waals surface area contributed by atoms with Crippen molar-refractivity contribution in [1.29, 1.82) is 0 Å². The Hall–Kier alpha value is -2.74. The molecule has 0 spiro atoms. The Labute approximate surface area is 177 Å². The Morgan fingerprint density at radius 1 is 1.23 bits per heavy atom. The first-order valence-electron chi connectivity index (χ1n) is 10.1. The van der Waals surface area contributed by atoms with Gasteiger partial charge in [-0.15, -0.1) is 0 Å². The minimum Gasteiger partial charge on any atom is -0.357 e. The Bertz CT molecular complexity index is 790. The number of hydrogen-bond acceptors (Lipinski definition) is 4. The van der Waals surface area contributed by atoms with E-state index in [1.165, 1.54) is 49.2 Å². The van der Waals surface area contributed by atoms with E-state index in [1.54, 1.807) is 18.2 Å². The second kappa shape index (κ2) is 10.3. The largest absolute Gasteiger partial charge is 0.357 e. The van der Waals surface area contributed by atoms with Gasteiger partial charge in [0.25, 0.3) is 0 Å². The molecule has 0 aliphatic heterocycles. The summed E-state index contributed by atoms with van der Waals surface area (Å²) in [7, 11) is 4.55. The van der Waals surface area contributed by atoms with Gasteiger partial charge in [-0.1, -0.05) is 18.2 Å². The number of likely N-dealkylation sites (N-methyl/N-ethyl adjacent to an activating group) is 3. The summed E-state index contributed by atoms with van der Waals surface area (Å²) in [5.41, 5.74) is 6.66. The number of benzene rings is 1. The van der Waals surface area contributed by atoms with Gasteiger partial charge in [0.05, 0.1) is 6.54 Å². The third-order valence-corrected chi connectivity index (χ3v) is 5.64. The number of nitrogens with one attached hydrogen (secondary N) is 1. The molecule has 1 atom stereocenters. The number of carbonyl (C=O) groups excluding carboxylic acids is 3. The van der Waals surface area contributed by atoms with Crippen LogP contribution in [-0.2, 0) is 20.8 Å². The second-order valence-corrected chi connectivity index (χ2v) is 7.98. The highest BCUT2D eigenvalue weighted by atomic mass is 19.1. The molecule has 0 aromatic heterocycles. The van der Waals surface area contributed by atoms with Crippen LogP contribution in [0.5, 0.6) is 0 Å². The zero-order valence-corrected chi connectivity index (χ0v) is 17.9. The van der Waals surface area contributed by atoms with Crippen molar-refractivity contribution in [2.24, 2.45) is 5.73 Å². The average Bonchev–Trinajstić information content (AvgIpc) is 2.70. The van der Waals surface area contributed by atoms with Crippen LogP contribution < -0.4 is 11.1 Å². The fourth-order valence-electron chi connectivity index (χ4n) is 3.34. The minimum atomic E-state index is -0.775. The molecule has 1 aromatic rings. The maximum absolute atomic E-state index is 13.1. The fourth-order valence-corrected chi connectivity index (χ4v) is 3.34. The predicted molar refractivity (Wildman–Crippen MR) is 113 cm³/mol. The van der Waals surface area contributed by atoms with Crippen LogP contribution in [0.4, 0.5) is 4.39 Å². The molecule has 0 bridgehead atoms. The van der Waals surface area contributed by atoms with Gasteiger partial charge < -0.3 is 20.9 Å². The van der Waals surface area contributed by atoms with Crippen molar-refractivity contribution in [2.75, 3.05) is 27.7 Å². The molecule has 1 unspecified atom stereocenters. The molecule has 30 heavy (non-hydrogen) atoms. The molecule has 1 fully saturated rings. The Morgan fingerprint density at radius 3 is 2.40 bits per heavy atom. The van der Waals surface area contributed by atoms with Crippen molar-refractivity contribution in [3.63, 3.8) is 0 Å². The molecule has 0 saturated heterocycles. The topological polar surface area (TPSA) is 95.7 Å². The summed E-state index contributed by atoms with van der Waals surface area (Å²) in [5, 5.41) is 2.55. The summed E-state index contributed by atoms with van der Waals surface area (Å²) in [6.45, 7) is -0.162. The molecule has 3 N–H and O–H groups in total. The summed E-state index contributed by atoms with van der Waals surface area (Å²) in [6, 6.07) is 5.01. The number of amides is 3. The van der Waals surface area contributed by atoms with Crippen LogP contribution in [0.1, 0.15) is 31.2 Å². The van der Waals surface area contributed by atoms with E-state index in [2.05, 4.69) is 5.32 Å². The molecule has 1 saturated carbocycles. The fraction of sp³-hybridized carbons (Fsp3) is 0.500. The molecular weight excluding hydrogens is 387 g/mol. The van der Waals surface area contributed by atoms with E-state index < -0.39 is 6.04 Å². The molecule has 1 aliphatic carbocycles. The standard InChI is InChI=1S/C22H31FN4O3/c1-25-21(30)18(14-16-7-9-17(23)10-8-16)27(3)20(29)15-26(2)19(28)6-4-11-22(24)12-5-13-22/h4,6-10,18H,5,11-15,24H2,1-3H3,(H,25,30)/b6-4+. The highest BCUT2D eigenvalue weighted by Crippen LogP contribution is 2.32. The number of carbonyl (C=O) groups is 3. The third-order valence-electron chi connectivity index (χ3n) is 5.64. The number of rotatable bonds is 9. The molecular formula is C22H31FN4O3. The Kier molecular flexibility index (Phi) is 8.11. The first kappa shape index (κ1) is 23.5. The van der Waals surface area contributed by atoms with Crippen molar-refractivity contribution in [3.8, 4) is 0 Å². The maximum atomic E-state index is 13.1. The number of nitrogens with zero attached hydrogens (tertiary/aromatic N) is 2.